The Morgan fingerprint density at radius 1 is 0.647 bits per heavy atom. The zero-order valence-electron chi connectivity index (χ0n) is 20.8. The van der Waals surface area contributed by atoms with Crippen molar-refractivity contribution in [1.29, 1.82) is 0 Å². The third-order valence-corrected chi connectivity index (χ3v) is 18.6. The van der Waals surface area contributed by atoms with E-state index in [-0.39, 0.29) is 0 Å². The van der Waals surface area contributed by atoms with Gasteiger partial charge in [-0.2, -0.15) is 0 Å². The van der Waals surface area contributed by atoms with Crippen LogP contribution in [0.15, 0.2) is 78.9 Å². The fraction of sp³-hybridized carbons (Fsp3) is 0.185. The van der Waals surface area contributed by atoms with Gasteiger partial charge in [-0.3, -0.25) is 0 Å². The maximum atomic E-state index is 6.87. The van der Waals surface area contributed by atoms with E-state index in [1.807, 2.05) is 0 Å². The summed E-state index contributed by atoms with van der Waals surface area (Å²) in [5, 5.41) is 11.6. The molecule has 0 aromatic heterocycles. The summed E-state index contributed by atoms with van der Waals surface area (Å²) >= 11 is 0. The molecule has 0 spiro atoms. The van der Waals surface area contributed by atoms with E-state index in [0.29, 0.717) is 10.5 Å². The first-order chi connectivity index (χ1) is 16.2. The SMILES string of the molecule is C[SiH](O[SiH3])O[Si](C)(C)O[Si](C)(C)c1cccc2cc3ccc4cc5ccccc5cc4c3cc12. The van der Waals surface area contributed by atoms with E-state index < -0.39 is 26.2 Å². The maximum Gasteiger partial charge on any atom is 0.312 e. The second-order valence-electron chi connectivity index (χ2n) is 10.0. The molecular formula is C27H32O3Si4. The Hall–Kier alpha value is -2.11. The number of hydrogen-bond acceptors (Lipinski definition) is 3. The maximum absolute atomic E-state index is 6.87. The zero-order valence-corrected chi connectivity index (χ0v) is 26.0. The third kappa shape index (κ3) is 4.45. The van der Waals surface area contributed by atoms with E-state index in [2.05, 4.69) is 112 Å². The topological polar surface area (TPSA) is 27.7 Å². The molecule has 0 saturated carbocycles. The lowest BCUT2D eigenvalue weighted by atomic mass is 9.96. The van der Waals surface area contributed by atoms with E-state index in [1.54, 1.807) is 0 Å². The lowest BCUT2D eigenvalue weighted by molar-refractivity contribution is 0.363. The molecule has 1 unspecified atom stereocenters. The van der Waals surface area contributed by atoms with Gasteiger partial charge in [0.25, 0.3) is 9.28 Å². The van der Waals surface area contributed by atoms with Crippen molar-refractivity contribution in [3.63, 3.8) is 0 Å². The van der Waals surface area contributed by atoms with Crippen molar-refractivity contribution in [2.45, 2.75) is 32.7 Å². The molecule has 0 N–H and O–H groups in total. The normalized spacial score (nSPS) is 13.9. The van der Waals surface area contributed by atoms with E-state index in [9.17, 15) is 0 Å². The highest BCUT2D eigenvalue weighted by molar-refractivity contribution is 6.93. The van der Waals surface area contributed by atoms with Crippen LogP contribution in [0, 0.1) is 0 Å². The summed E-state index contributed by atoms with van der Waals surface area (Å²) in [5.74, 6) is 0. The van der Waals surface area contributed by atoms with Crippen molar-refractivity contribution in [2.24, 2.45) is 0 Å². The number of hydrogen-bond donors (Lipinski definition) is 0. The van der Waals surface area contributed by atoms with Crippen LogP contribution in [0.1, 0.15) is 0 Å². The van der Waals surface area contributed by atoms with Gasteiger partial charge in [0, 0.05) is 0 Å². The van der Waals surface area contributed by atoms with Crippen molar-refractivity contribution in [1.82, 2.24) is 0 Å². The molecule has 5 aromatic rings. The highest BCUT2D eigenvalue weighted by atomic mass is 28.5. The first-order valence-corrected chi connectivity index (χ1v) is 20.5. The summed E-state index contributed by atoms with van der Waals surface area (Å²) in [6.07, 6.45) is 0. The number of fused-ring (bicyclic) bond motifs is 5. The third-order valence-electron chi connectivity index (χ3n) is 6.63. The molecule has 0 saturated heterocycles. The van der Waals surface area contributed by atoms with Gasteiger partial charge in [0.15, 0.2) is 0 Å². The van der Waals surface area contributed by atoms with Crippen LogP contribution in [-0.4, -0.2) is 36.6 Å². The summed E-state index contributed by atoms with van der Waals surface area (Å²) in [6, 6.07) is 29.1. The average Bonchev–Trinajstić information content (AvgIpc) is 2.80. The van der Waals surface area contributed by atoms with Crippen LogP contribution >= 0.6 is 0 Å². The Labute approximate surface area is 208 Å². The summed E-state index contributed by atoms with van der Waals surface area (Å²) in [6.45, 7) is 11.0. The molecule has 0 fully saturated rings. The molecule has 0 aliphatic rings. The first-order valence-electron chi connectivity index (χ1n) is 11.9. The van der Waals surface area contributed by atoms with Crippen LogP contribution in [0.3, 0.4) is 0 Å². The summed E-state index contributed by atoms with van der Waals surface area (Å²) in [7, 11) is -5.43. The standard InChI is InChI=1S/C27H32O3Si4/c1-32(28-31)29-34(4,5)30-33(2,3)27-12-8-11-21-16-23-14-13-22-15-19-9-6-7-10-20(19)17-24(22)25(23)18-26(21)27/h6-18,32H,1-5,31H3. The van der Waals surface area contributed by atoms with Gasteiger partial charge in [-0.25, -0.2) is 0 Å². The first kappa shape index (κ1) is 23.6. The van der Waals surface area contributed by atoms with Gasteiger partial charge in [0.1, 0.15) is 10.5 Å². The van der Waals surface area contributed by atoms with Crippen molar-refractivity contribution >= 4 is 84.9 Å². The van der Waals surface area contributed by atoms with E-state index >= 15 is 0 Å². The summed E-state index contributed by atoms with van der Waals surface area (Å²) in [5.41, 5.74) is 0. The predicted octanol–water partition coefficient (Wildman–Crippen LogP) is 5.59. The highest BCUT2D eigenvalue weighted by Gasteiger charge is 2.38. The van der Waals surface area contributed by atoms with Gasteiger partial charge in [0.2, 0.25) is 8.32 Å². The zero-order chi connectivity index (χ0) is 24.1. The lowest BCUT2D eigenvalue weighted by Gasteiger charge is -2.35. The summed E-state index contributed by atoms with van der Waals surface area (Å²) < 4.78 is 18.8. The Morgan fingerprint density at radius 2 is 1.21 bits per heavy atom. The molecule has 0 amide bonds. The van der Waals surface area contributed by atoms with Crippen LogP contribution in [0.2, 0.25) is 32.7 Å². The van der Waals surface area contributed by atoms with Gasteiger partial charge in [-0.1, -0.05) is 54.6 Å². The predicted molar refractivity (Wildman–Crippen MR) is 157 cm³/mol. The molecule has 1 atom stereocenters. The van der Waals surface area contributed by atoms with E-state index in [0.717, 1.165) is 0 Å². The fourth-order valence-corrected chi connectivity index (χ4v) is 17.0. The van der Waals surface area contributed by atoms with Gasteiger partial charge >= 0.3 is 8.56 Å². The molecule has 0 aliphatic heterocycles. The Morgan fingerprint density at radius 3 is 1.88 bits per heavy atom. The molecular weight excluding hydrogens is 485 g/mol. The quantitative estimate of drug-likeness (QED) is 0.167. The van der Waals surface area contributed by atoms with Crippen LogP contribution in [0.4, 0.5) is 0 Å². The minimum absolute atomic E-state index is 0.716. The average molecular weight is 517 g/mol. The molecule has 0 aliphatic carbocycles. The van der Waals surface area contributed by atoms with Gasteiger partial charge in [0.05, 0.1) is 0 Å². The summed E-state index contributed by atoms with van der Waals surface area (Å²) in [4.78, 5) is 0. The van der Waals surface area contributed by atoms with Crippen molar-refractivity contribution in [2.75, 3.05) is 0 Å². The van der Waals surface area contributed by atoms with Crippen molar-refractivity contribution in [3.05, 3.63) is 78.9 Å². The van der Waals surface area contributed by atoms with Crippen LogP contribution in [-0.2, 0) is 12.3 Å². The number of rotatable bonds is 6. The molecule has 174 valence electrons. The molecule has 7 heteroatoms. The minimum Gasteiger partial charge on any atom is -0.447 e. The van der Waals surface area contributed by atoms with E-state index in [4.69, 9.17) is 12.3 Å². The Balaban J connectivity index is 1.69. The van der Waals surface area contributed by atoms with Crippen LogP contribution < -0.4 is 5.19 Å². The van der Waals surface area contributed by atoms with Gasteiger partial charge < -0.3 is 12.3 Å². The van der Waals surface area contributed by atoms with Crippen LogP contribution in [0.5, 0.6) is 0 Å². The largest absolute Gasteiger partial charge is 0.447 e. The molecule has 0 radical (unpaired) electrons. The lowest BCUT2D eigenvalue weighted by Crippen LogP contribution is -2.55. The molecule has 0 bridgehead atoms. The van der Waals surface area contributed by atoms with Crippen molar-refractivity contribution < 1.29 is 12.3 Å². The monoisotopic (exact) mass is 516 g/mol. The minimum atomic E-state index is -2.30. The number of benzene rings is 5. The highest BCUT2D eigenvalue weighted by Crippen LogP contribution is 2.32. The Kier molecular flexibility index (Phi) is 6.14. The Bertz CT molecular complexity index is 1530. The fourth-order valence-electron chi connectivity index (χ4n) is 5.19. The second kappa shape index (κ2) is 8.83. The second-order valence-corrected chi connectivity index (χ2v) is 21.2. The molecule has 34 heavy (non-hydrogen) atoms. The molecule has 3 nitrogen and oxygen atoms in total. The van der Waals surface area contributed by atoms with Gasteiger partial charge in [-0.15, -0.1) is 0 Å². The smallest absolute Gasteiger partial charge is 0.312 e. The molecule has 0 heterocycles. The molecule has 5 aromatic carbocycles. The van der Waals surface area contributed by atoms with Crippen molar-refractivity contribution in [3.8, 4) is 0 Å². The van der Waals surface area contributed by atoms with E-state index in [1.165, 1.54) is 48.3 Å². The van der Waals surface area contributed by atoms with Crippen LogP contribution in [0.25, 0.3) is 43.1 Å². The van der Waals surface area contributed by atoms with Gasteiger partial charge in [-0.05, 0) is 105 Å². The molecule has 5 rings (SSSR count).